The van der Waals surface area contributed by atoms with Gasteiger partial charge in [0, 0.05) is 19.5 Å². The van der Waals surface area contributed by atoms with E-state index in [9.17, 15) is 9.59 Å². The Morgan fingerprint density at radius 2 is 2.23 bits per heavy atom. The maximum Gasteiger partial charge on any atom is 0.351 e. The van der Waals surface area contributed by atoms with Crippen LogP contribution in [0.3, 0.4) is 0 Å². The summed E-state index contributed by atoms with van der Waals surface area (Å²) in [5, 5.41) is 2.48. The van der Waals surface area contributed by atoms with Gasteiger partial charge in [-0.05, 0) is 19.9 Å². The van der Waals surface area contributed by atoms with E-state index in [0.717, 1.165) is 0 Å². The molecule has 0 unspecified atom stereocenters. The van der Waals surface area contributed by atoms with Crippen LogP contribution in [0.2, 0.25) is 0 Å². The third-order valence-electron chi connectivity index (χ3n) is 3.66. The van der Waals surface area contributed by atoms with E-state index in [-0.39, 0.29) is 23.9 Å². The molecule has 3 atom stereocenters. The zero-order valence-electron chi connectivity index (χ0n) is 12.7. The zero-order chi connectivity index (χ0) is 15.9. The van der Waals surface area contributed by atoms with Crippen molar-refractivity contribution in [1.29, 1.82) is 0 Å². The van der Waals surface area contributed by atoms with Gasteiger partial charge in [-0.15, -0.1) is 0 Å². The van der Waals surface area contributed by atoms with Gasteiger partial charge in [-0.1, -0.05) is 0 Å². The van der Waals surface area contributed by atoms with Crippen molar-refractivity contribution in [1.82, 2.24) is 9.55 Å². The number of hydrogen-bond donors (Lipinski definition) is 1. The number of nitrogens with zero attached hydrogens (tertiary/aromatic N) is 2. The molecule has 1 aromatic heterocycles. The van der Waals surface area contributed by atoms with Crippen LogP contribution >= 0.6 is 0 Å². The van der Waals surface area contributed by atoms with Gasteiger partial charge in [-0.25, -0.2) is 4.79 Å². The first-order chi connectivity index (χ1) is 10.3. The number of rotatable bonds is 2. The summed E-state index contributed by atoms with van der Waals surface area (Å²) in [5.74, 6) is -0.691. The maximum atomic E-state index is 12.1. The molecule has 2 aliphatic rings. The molecule has 2 fully saturated rings. The number of amides is 1. The molecule has 1 aromatic rings. The van der Waals surface area contributed by atoms with Crippen molar-refractivity contribution in [3.8, 4) is 0 Å². The van der Waals surface area contributed by atoms with Gasteiger partial charge < -0.3 is 19.5 Å². The molecule has 0 bridgehead atoms. The number of carbonyl (C=O) groups is 1. The number of aromatic nitrogens is 2. The molecule has 22 heavy (non-hydrogen) atoms. The van der Waals surface area contributed by atoms with Crippen LogP contribution in [0.5, 0.6) is 0 Å². The summed E-state index contributed by atoms with van der Waals surface area (Å²) >= 11 is 0. The van der Waals surface area contributed by atoms with Gasteiger partial charge in [0.1, 0.15) is 18.1 Å². The van der Waals surface area contributed by atoms with Crippen LogP contribution in [0.15, 0.2) is 17.1 Å². The normalized spacial score (nSPS) is 29.9. The fourth-order valence-corrected chi connectivity index (χ4v) is 2.71. The van der Waals surface area contributed by atoms with Crippen molar-refractivity contribution in [3.63, 3.8) is 0 Å². The van der Waals surface area contributed by atoms with Gasteiger partial charge in [0.25, 0.3) is 0 Å². The van der Waals surface area contributed by atoms with Crippen molar-refractivity contribution >= 4 is 11.7 Å². The summed E-state index contributed by atoms with van der Waals surface area (Å²) in [7, 11) is 0. The molecule has 2 aliphatic heterocycles. The van der Waals surface area contributed by atoms with E-state index in [1.807, 2.05) is 13.8 Å². The third-order valence-corrected chi connectivity index (χ3v) is 3.66. The second-order valence-electron chi connectivity index (χ2n) is 5.92. The van der Waals surface area contributed by atoms with Crippen LogP contribution in [0, 0.1) is 0 Å². The second-order valence-corrected chi connectivity index (χ2v) is 5.92. The molecule has 2 saturated heterocycles. The molecule has 0 aromatic carbocycles. The number of nitrogens with one attached hydrogen (secondary N) is 1. The predicted molar refractivity (Wildman–Crippen MR) is 76.2 cm³/mol. The van der Waals surface area contributed by atoms with E-state index in [1.165, 1.54) is 11.5 Å². The van der Waals surface area contributed by atoms with Crippen LogP contribution in [0.1, 0.15) is 33.4 Å². The van der Waals surface area contributed by atoms with Crippen molar-refractivity contribution in [3.05, 3.63) is 22.7 Å². The minimum atomic E-state index is -0.641. The van der Waals surface area contributed by atoms with Gasteiger partial charge in [0.15, 0.2) is 5.79 Å². The lowest BCUT2D eigenvalue weighted by atomic mass is 10.1. The zero-order valence-corrected chi connectivity index (χ0v) is 12.7. The van der Waals surface area contributed by atoms with Crippen molar-refractivity contribution in [2.45, 2.75) is 51.4 Å². The first kappa shape index (κ1) is 15.1. The fourth-order valence-electron chi connectivity index (χ4n) is 2.71. The average molecular weight is 309 g/mol. The number of carbonyl (C=O) groups excluding carboxylic acids is 1. The second kappa shape index (κ2) is 5.45. The highest BCUT2D eigenvalue weighted by molar-refractivity contribution is 5.87. The molecule has 8 nitrogen and oxygen atoms in total. The number of anilines is 1. The minimum absolute atomic E-state index is 0.115. The van der Waals surface area contributed by atoms with Gasteiger partial charge in [0.05, 0.1) is 12.7 Å². The molecule has 3 heterocycles. The molecule has 1 amide bonds. The van der Waals surface area contributed by atoms with E-state index in [4.69, 9.17) is 14.2 Å². The first-order valence-electron chi connectivity index (χ1n) is 7.18. The summed E-state index contributed by atoms with van der Waals surface area (Å²) in [6.45, 7) is 5.50. The van der Waals surface area contributed by atoms with Crippen LogP contribution in [-0.4, -0.2) is 40.1 Å². The quantitative estimate of drug-likeness (QED) is 0.862. The van der Waals surface area contributed by atoms with Crippen LogP contribution in [0.4, 0.5) is 5.82 Å². The van der Waals surface area contributed by atoms with Crippen molar-refractivity contribution in [2.24, 2.45) is 0 Å². The van der Waals surface area contributed by atoms with Gasteiger partial charge in [-0.2, -0.15) is 4.98 Å². The molecular formula is C14H19N3O5. The minimum Gasteiger partial charge on any atom is -0.349 e. The summed E-state index contributed by atoms with van der Waals surface area (Å²) < 4.78 is 18.6. The Morgan fingerprint density at radius 1 is 1.45 bits per heavy atom. The topological polar surface area (TPSA) is 91.7 Å². The Kier molecular flexibility index (Phi) is 3.75. The molecular weight excluding hydrogens is 290 g/mol. The Bertz CT molecular complexity index is 642. The van der Waals surface area contributed by atoms with E-state index < -0.39 is 17.7 Å². The smallest absolute Gasteiger partial charge is 0.349 e. The van der Waals surface area contributed by atoms with E-state index in [0.29, 0.717) is 13.0 Å². The maximum absolute atomic E-state index is 12.1. The Balaban J connectivity index is 1.76. The molecule has 3 rings (SSSR count). The summed E-state index contributed by atoms with van der Waals surface area (Å²) in [6, 6.07) is 1.56. The highest BCUT2D eigenvalue weighted by Gasteiger charge is 2.44. The third kappa shape index (κ3) is 3.03. The number of hydrogen-bond acceptors (Lipinski definition) is 6. The molecule has 0 saturated carbocycles. The average Bonchev–Trinajstić information content (AvgIpc) is 2.79. The van der Waals surface area contributed by atoms with E-state index in [2.05, 4.69) is 10.3 Å². The first-order valence-corrected chi connectivity index (χ1v) is 7.18. The van der Waals surface area contributed by atoms with Gasteiger partial charge in [-0.3, -0.25) is 9.36 Å². The van der Waals surface area contributed by atoms with Crippen molar-refractivity contribution in [2.75, 3.05) is 11.9 Å². The Labute approximate surface area is 127 Å². The van der Waals surface area contributed by atoms with Crippen LogP contribution < -0.4 is 11.0 Å². The molecule has 120 valence electrons. The molecule has 0 radical (unpaired) electrons. The summed E-state index contributed by atoms with van der Waals surface area (Å²) in [5.41, 5.74) is -0.477. The number of fused-ring (bicyclic) bond motifs is 1. The van der Waals surface area contributed by atoms with Crippen LogP contribution in [0.25, 0.3) is 0 Å². The van der Waals surface area contributed by atoms with Crippen molar-refractivity contribution < 1.29 is 19.0 Å². The largest absolute Gasteiger partial charge is 0.351 e. The standard InChI is InChI=1S/C14H19N3O5/c1-8(18)15-11-4-5-17(13(19)16-11)12-6-9-10(21-12)7-20-14(2,3)22-9/h4-5,9-10,12H,6-7H2,1-3H3,(H,15,16,18,19)/t9-,10-,12+/m1/s1. The van der Waals surface area contributed by atoms with Crippen LogP contribution in [-0.2, 0) is 19.0 Å². The van der Waals surface area contributed by atoms with Gasteiger partial charge >= 0.3 is 5.69 Å². The molecule has 0 spiro atoms. The Hall–Kier alpha value is -1.77. The monoisotopic (exact) mass is 309 g/mol. The molecule has 0 aliphatic carbocycles. The lowest BCUT2D eigenvalue weighted by Gasteiger charge is -2.36. The van der Waals surface area contributed by atoms with E-state index in [1.54, 1.807) is 12.3 Å². The number of ether oxygens (including phenoxy) is 3. The Morgan fingerprint density at radius 3 is 2.91 bits per heavy atom. The van der Waals surface area contributed by atoms with Gasteiger partial charge in [0.2, 0.25) is 5.91 Å². The highest BCUT2D eigenvalue weighted by Crippen LogP contribution is 2.36. The fraction of sp³-hybridized carbons (Fsp3) is 0.643. The lowest BCUT2D eigenvalue weighted by molar-refractivity contribution is -0.293. The lowest BCUT2D eigenvalue weighted by Crippen LogP contribution is -2.46. The molecule has 8 heteroatoms. The predicted octanol–water partition coefficient (Wildman–Crippen LogP) is 0.641. The molecule has 1 N–H and O–H groups in total. The summed E-state index contributed by atoms with van der Waals surface area (Å²) in [6.07, 6.45) is 1.36. The van der Waals surface area contributed by atoms with E-state index >= 15 is 0 Å². The highest BCUT2D eigenvalue weighted by atomic mass is 16.7. The SMILES string of the molecule is CC(=O)Nc1ccn([C@@H]2C[C@H]3OC(C)(C)OC[C@H]3O2)c(=O)n1. The summed E-state index contributed by atoms with van der Waals surface area (Å²) in [4.78, 5) is 26.9.